The molecule has 0 aliphatic carbocycles. The molecule has 0 spiro atoms. The number of imidazole rings is 1. The van der Waals surface area contributed by atoms with Crippen molar-refractivity contribution >= 4 is 11.6 Å². The van der Waals surface area contributed by atoms with E-state index in [1.807, 2.05) is 54.1 Å². The van der Waals surface area contributed by atoms with Crippen molar-refractivity contribution in [2.75, 3.05) is 5.32 Å². The van der Waals surface area contributed by atoms with E-state index in [1.165, 1.54) is 0 Å². The lowest BCUT2D eigenvalue weighted by Crippen LogP contribution is -2.28. The maximum absolute atomic E-state index is 12.5. The van der Waals surface area contributed by atoms with Crippen LogP contribution in [0.4, 0.5) is 5.69 Å². The predicted molar refractivity (Wildman–Crippen MR) is 95.4 cm³/mol. The van der Waals surface area contributed by atoms with Crippen LogP contribution in [-0.4, -0.2) is 26.5 Å². The number of nitrogens with zero attached hydrogens (tertiary/aromatic N) is 3. The highest BCUT2D eigenvalue weighted by molar-refractivity contribution is 5.95. The van der Waals surface area contributed by atoms with E-state index in [1.54, 1.807) is 25.4 Å². The Morgan fingerprint density at radius 1 is 1.16 bits per heavy atom. The molecule has 25 heavy (non-hydrogen) atoms. The van der Waals surface area contributed by atoms with Crippen LogP contribution in [-0.2, 0) is 16.1 Å². The van der Waals surface area contributed by atoms with E-state index in [-0.39, 0.29) is 5.91 Å². The summed E-state index contributed by atoms with van der Waals surface area (Å²) in [6.45, 7) is 4.00. The van der Waals surface area contributed by atoms with Gasteiger partial charge in [0, 0.05) is 18.6 Å². The Morgan fingerprint density at radius 2 is 1.96 bits per heavy atom. The number of carbonyl (C=O) groups is 1. The van der Waals surface area contributed by atoms with Gasteiger partial charge in [-0.05, 0) is 31.5 Å². The fraction of sp³-hybridized carbons (Fsp3) is 0.211. The quantitative estimate of drug-likeness (QED) is 0.751. The van der Waals surface area contributed by atoms with Gasteiger partial charge in [0.25, 0.3) is 5.91 Å². The summed E-state index contributed by atoms with van der Waals surface area (Å²) in [7, 11) is 0. The first-order chi connectivity index (χ1) is 12.1. The maximum atomic E-state index is 12.5. The lowest BCUT2D eigenvalue weighted by atomic mass is 10.2. The summed E-state index contributed by atoms with van der Waals surface area (Å²) in [5.41, 5.74) is 1.64. The summed E-state index contributed by atoms with van der Waals surface area (Å²) in [5, 5.41) is 2.89. The van der Waals surface area contributed by atoms with Crippen LogP contribution in [0.3, 0.4) is 0 Å². The molecule has 6 nitrogen and oxygen atoms in total. The number of hydrogen-bond donors (Lipinski definition) is 1. The van der Waals surface area contributed by atoms with E-state index < -0.39 is 6.10 Å². The van der Waals surface area contributed by atoms with Crippen molar-refractivity contribution in [3.05, 3.63) is 72.4 Å². The van der Waals surface area contributed by atoms with Crippen LogP contribution in [0.1, 0.15) is 18.3 Å². The number of carbonyl (C=O) groups excluding carboxylic acids is 1. The predicted octanol–water partition coefficient (Wildman–Crippen LogP) is 3.12. The second-order valence-corrected chi connectivity index (χ2v) is 5.65. The summed E-state index contributed by atoms with van der Waals surface area (Å²) in [6, 6.07) is 13.3. The van der Waals surface area contributed by atoms with Gasteiger partial charge in [-0.3, -0.25) is 9.36 Å². The average Bonchev–Trinajstić information content (AvgIpc) is 3.06. The second kappa shape index (κ2) is 7.72. The van der Waals surface area contributed by atoms with Gasteiger partial charge in [0.1, 0.15) is 11.9 Å². The molecule has 0 saturated heterocycles. The number of pyridine rings is 1. The Bertz CT molecular complexity index is 845. The van der Waals surface area contributed by atoms with Gasteiger partial charge < -0.3 is 10.1 Å². The third-order valence-corrected chi connectivity index (χ3v) is 3.81. The number of anilines is 1. The molecule has 0 fully saturated rings. The SMILES string of the molecule is Cc1nccn1-c1ncccc1NC(=O)[C@@H](C)OCc1ccccc1. The minimum Gasteiger partial charge on any atom is -0.364 e. The van der Waals surface area contributed by atoms with Gasteiger partial charge in [-0.2, -0.15) is 0 Å². The van der Waals surface area contributed by atoms with Crippen molar-refractivity contribution in [1.29, 1.82) is 0 Å². The summed E-state index contributed by atoms with van der Waals surface area (Å²) in [6.07, 6.45) is 4.60. The number of hydrogen-bond acceptors (Lipinski definition) is 4. The average molecular weight is 336 g/mol. The minimum atomic E-state index is -0.586. The number of aromatic nitrogens is 3. The van der Waals surface area contributed by atoms with Crippen LogP contribution < -0.4 is 5.32 Å². The molecule has 0 aliphatic heterocycles. The normalized spacial score (nSPS) is 11.9. The zero-order chi connectivity index (χ0) is 17.6. The van der Waals surface area contributed by atoms with Crippen LogP contribution >= 0.6 is 0 Å². The molecule has 2 aromatic heterocycles. The highest BCUT2D eigenvalue weighted by Gasteiger charge is 2.16. The van der Waals surface area contributed by atoms with Crippen LogP contribution in [0.25, 0.3) is 5.82 Å². The van der Waals surface area contributed by atoms with Crippen molar-refractivity contribution in [2.24, 2.45) is 0 Å². The first-order valence-corrected chi connectivity index (χ1v) is 8.07. The molecule has 0 aliphatic rings. The van der Waals surface area contributed by atoms with Crippen LogP contribution in [0.2, 0.25) is 0 Å². The number of amides is 1. The summed E-state index contributed by atoms with van der Waals surface area (Å²) in [5.74, 6) is 1.20. The van der Waals surface area contributed by atoms with Crippen molar-refractivity contribution in [3.8, 4) is 5.82 Å². The van der Waals surface area contributed by atoms with E-state index in [4.69, 9.17) is 4.74 Å². The molecule has 6 heteroatoms. The first kappa shape index (κ1) is 16.9. The van der Waals surface area contributed by atoms with Gasteiger partial charge in [-0.15, -0.1) is 0 Å². The monoisotopic (exact) mass is 336 g/mol. The second-order valence-electron chi connectivity index (χ2n) is 5.65. The summed E-state index contributed by atoms with van der Waals surface area (Å²) in [4.78, 5) is 21.0. The Kier molecular flexibility index (Phi) is 5.20. The van der Waals surface area contributed by atoms with E-state index >= 15 is 0 Å². The molecule has 1 N–H and O–H groups in total. The van der Waals surface area contributed by atoms with Crippen molar-refractivity contribution in [2.45, 2.75) is 26.6 Å². The summed E-state index contributed by atoms with van der Waals surface area (Å²) >= 11 is 0. The number of nitrogens with one attached hydrogen (secondary N) is 1. The lowest BCUT2D eigenvalue weighted by molar-refractivity contribution is -0.127. The fourth-order valence-corrected chi connectivity index (χ4v) is 2.39. The van der Waals surface area contributed by atoms with Gasteiger partial charge >= 0.3 is 0 Å². The van der Waals surface area contributed by atoms with Crippen molar-refractivity contribution in [3.63, 3.8) is 0 Å². The molecule has 0 saturated carbocycles. The van der Waals surface area contributed by atoms with Crippen LogP contribution in [0, 0.1) is 6.92 Å². The van der Waals surface area contributed by atoms with Crippen LogP contribution in [0.15, 0.2) is 61.1 Å². The molecule has 0 bridgehead atoms. The molecule has 0 unspecified atom stereocenters. The third-order valence-electron chi connectivity index (χ3n) is 3.81. The standard InChI is InChI=1S/C19H20N4O2/c1-14(25-13-16-7-4-3-5-8-16)19(24)22-17-9-6-10-21-18(17)23-12-11-20-15(23)2/h3-12,14H,13H2,1-2H3,(H,22,24)/t14-/m1/s1. The van der Waals surface area contributed by atoms with E-state index in [9.17, 15) is 4.79 Å². The van der Waals surface area contributed by atoms with Gasteiger partial charge in [-0.25, -0.2) is 9.97 Å². The minimum absolute atomic E-state index is 0.219. The topological polar surface area (TPSA) is 69.0 Å². The van der Waals surface area contributed by atoms with Gasteiger partial charge in [0.15, 0.2) is 5.82 Å². The number of benzene rings is 1. The summed E-state index contributed by atoms with van der Waals surface area (Å²) < 4.78 is 7.49. The highest BCUT2D eigenvalue weighted by atomic mass is 16.5. The van der Waals surface area contributed by atoms with Gasteiger partial charge in [0.2, 0.25) is 0 Å². The molecular weight excluding hydrogens is 316 g/mol. The molecule has 3 aromatic rings. The smallest absolute Gasteiger partial charge is 0.253 e. The molecule has 1 amide bonds. The zero-order valence-corrected chi connectivity index (χ0v) is 14.2. The Hall–Kier alpha value is -2.99. The largest absolute Gasteiger partial charge is 0.364 e. The molecule has 1 atom stereocenters. The lowest BCUT2D eigenvalue weighted by Gasteiger charge is -2.16. The molecule has 0 radical (unpaired) electrons. The highest BCUT2D eigenvalue weighted by Crippen LogP contribution is 2.19. The molecule has 1 aromatic carbocycles. The molecule has 128 valence electrons. The van der Waals surface area contributed by atoms with E-state index in [0.717, 1.165) is 11.4 Å². The Morgan fingerprint density at radius 3 is 2.68 bits per heavy atom. The molecular formula is C19H20N4O2. The van der Waals surface area contributed by atoms with E-state index in [2.05, 4.69) is 15.3 Å². The maximum Gasteiger partial charge on any atom is 0.253 e. The number of ether oxygens (including phenoxy) is 1. The van der Waals surface area contributed by atoms with Gasteiger partial charge in [0.05, 0.1) is 12.3 Å². The van der Waals surface area contributed by atoms with E-state index in [0.29, 0.717) is 18.1 Å². The number of rotatable bonds is 6. The van der Waals surface area contributed by atoms with Gasteiger partial charge in [-0.1, -0.05) is 30.3 Å². The first-order valence-electron chi connectivity index (χ1n) is 8.07. The zero-order valence-electron chi connectivity index (χ0n) is 14.2. The molecule has 3 rings (SSSR count). The van der Waals surface area contributed by atoms with Crippen LogP contribution in [0.5, 0.6) is 0 Å². The Labute approximate surface area is 146 Å². The fourth-order valence-electron chi connectivity index (χ4n) is 2.39. The third kappa shape index (κ3) is 4.10. The molecule has 2 heterocycles. The number of aryl methyl sites for hydroxylation is 1. The van der Waals surface area contributed by atoms with Crippen molar-refractivity contribution in [1.82, 2.24) is 14.5 Å². The van der Waals surface area contributed by atoms with Crippen molar-refractivity contribution < 1.29 is 9.53 Å². The Balaban J connectivity index is 1.68.